The van der Waals surface area contributed by atoms with Crippen molar-refractivity contribution in [1.29, 1.82) is 0 Å². The van der Waals surface area contributed by atoms with Gasteiger partial charge in [-0.3, -0.25) is 14.2 Å². The number of hydrogen-bond acceptors (Lipinski definition) is 7. The zero-order valence-corrected chi connectivity index (χ0v) is 18.9. The van der Waals surface area contributed by atoms with E-state index in [0.29, 0.717) is 16.8 Å². The smallest absolute Gasteiger partial charge is 0.263 e. The largest absolute Gasteiger partial charge is 0.301 e. The summed E-state index contributed by atoms with van der Waals surface area (Å²) >= 11 is 4.38. The maximum atomic E-state index is 13.4. The minimum Gasteiger partial charge on any atom is -0.301 e. The van der Waals surface area contributed by atoms with Gasteiger partial charge >= 0.3 is 0 Å². The summed E-state index contributed by atoms with van der Waals surface area (Å²) in [5.74, 6) is 0.0704. The van der Waals surface area contributed by atoms with Crippen LogP contribution in [0.25, 0.3) is 10.2 Å². The SMILES string of the molecule is CCCCCn1c(SCC(=O)Nc2nccs2)nc2sc3c(c2c1=O)CCCC3. The highest BCUT2D eigenvalue weighted by atomic mass is 32.2. The lowest BCUT2D eigenvalue weighted by Gasteiger charge is -2.13. The molecule has 0 radical (unpaired) electrons. The van der Waals surface area contributed by atoms with Gasteiger partial charge in [-0.15, -0.1) is 22.7 Å². The minimum absolute atomic E-state index is 0.0633. The van der Waals surface area contributed by atoms with Crippen LogP contribution in [0.3, 0.4) is 0 Å². The number of thiophene rings is 1. The normalized spacial score (nSPS) is 13.6. The van der Waals surface area contributed by atoms with Crippen LogP contribution in [-0.4, -0.2) is 26.2 Å². The Kier molecular flexibility index (Phi) is 6.67. The van der Waals surface area contributed by atoms with Crippen molar-refractivity contribution in [3.05, 3.63) is 32.4 Å². The number of fused-ring (bicyclic) bond motifs is 3. The molecule has 1 N–H and O–H groups in total. The molecule has 0 fully saturated rings. The van der Waals surface area contributed by atoms with Gasteiger partial charge in [0.15, 0.2) is 10.3 Å². The number of aromatic nitrogens is 3. The van der Waals surface area contributed by atoms with Crippen molar-refractivity contribution in [2.45, 2.75) is 63.6 Å². The van der Waals surface area contributed by atoms with E-state index in [4.69, 9.17) is 4.98 Å². The lowest BCUT2D eigenvalue weighted by atomic mass is 9.97. The van der Waals surface area contributed by atoms with Crippen molar-refractivity contribution in [2.75, 3.05) is 11.1 Å². The summed E-state index contributed by atoms with van der Waals surface area (Å²) in [6.45, 7) is 2.80. The third-order valence-corrected chi connectivity index (χ3v) is 7.89. The highest BCUT2D eigenvalue weighted by Crippen LogP contribution is 2.34. The van der Waals surface area contributed by atoms with Crippen LogP contribution in [-0.2, 0) is 24.2 Å². The van der Waals surface area contributed by atoms with Gasteiger partial charge < -0.3 is 5.32 Å². The first-order chi connectivity index (χ1) is 14.2. The molecule has 1 aliphatic carbocycles. The van der Waals surface area contributed by atoms with Crippen molar-refractivity contribution < 1.29 is 4.79 Å². The van der Waals surface area contributed by atoms with E-state index in [9.17, 15) is 9.59 Å². The van der Waals surface area contributed by atoms with E-state index in [2.05, 4.69) is 17.2 Å². The molecule has 9 heteroatoms. The van der Waals surface area contributed by atoms with Gasteiger partial charge in [-0.1, -0.05) is 31.5 Å². The first kappa shape index (κ1) is 20.6. The lowest BCUT2D eigenvalue weighted by molar-refractivity contribution is -0.113. The summed E-state index contributed by atoms with van der Waals surface area (Å²) in [5.41, 5.74) is 1.28. The fourth-order valence-electron chi connectivity index (χ4n) is 3.62. The molecule has 0 spiro atoms. The molecule has 3 aromatic heterocycles. The number of aryl methyl sites for hydroxylation is 2. The number of nitrogens with zero attached hydrogens (tertiary/aromatic N) is 3. The Bertz CT molecular complexity index is 1060. The number of unbranched alkanes of at least 4 members (excludes halogenated alkanes) is 2. The van der Waals surface area contributed by atoms with Crippen molar-refractivity contribution in [3.8, 4) is 0 Å². The van der Waals surface area contributed by atoms with Gasteiger partial charge in [-0.2, -0.15) is 0 Å². The summed E-state index contributed by atoms with van der Waals surface area (Å²) in [5, 5.41) is 6.66. The predicted molar refractivity (Wildman–Crippen MR) is 122 cm³/mol. The maximum Gasteiger partial charge on any atom is 0.263 e. The number of thiazole rings is 1. The van der Waals surface area contributed by atoms with E-state index in [1.165, 1.54) is 40.0 Å². The molecule has 0 unspecified atom stereocenters. The quantitative estimate of drug-likeness (QED) is 0.307. The van der Waals surface area contributed by atoms with Gasteiger partial charge in [0.1, 0.15) is 4.83 Å². The van der Waals surface area contributed by atoms with Gasteiger partial charge in [0.05, 0.1) is 11.1 Å². The van der Waals surface area contributed by atoms with E-state index in [1.807, 2.05) is 5.38 Å². The lowest BCUT2D eigenvalue weighted by Crippen LogP contribution is -2.24. The molecule has 3 heterocycles. The number of carbonyl (C=O) groups excluding carboxylic acids is 1. The molecular weight excluding hydrogens is 424 g/mol. The molecule has 1 aliphatic rings. The third-order valence-electron chi connectivity index (χ3n) is 5.04. The Morgan fingerprint density at radius 2 is 2.17 bits per heavy atom. The van der Waals surface area contributed by atoms with Crippen LogP contribution in [0.1, 0.15) is 49.5 Å². The van der Waals surface area contributed by atoms with Crippen LogP contribution in [0, 0.1) is 0 Å². The van der Waals surface area contributed by atoms with Crippen molar-refractivity contribution in [3.63, 3.8) is 0 Å². The average Bonchev–Trinajstić information content (AvgIpc) is 3.35. The summed E-state index contributed by atoms with van der Waals surface area (Å²) in [6.07, 6.45) is 9.11. The topological polar surface area (TPSA) is 76.9 Å². The second-order valence-electron chi connectivity index (χ2n) is 7.12. The highest BCUT2D eigenvalue weighted by Gasteiger charge is 2.22. The summed E-state index contributed by atoms with van der Waals surface area (Å²) in [6, 6.07) is 0. The summed E-state index contributed by atoms with van der Waals surface area (Å²) < 4.78 is 1.79. The van der Waals surface area contributed by atoms with Gasteiger partial charge in [-0.05, 0) is 37.7 Å². The Morgan fingerprint density at radius 3 is 2.97 bits per heavy atom. The molecule has 3 aromatic rings. The average molecular weight is 449 g/mol. The van der Waals surface area contributed by atoms with E-state index >= 15 is 0 Å². The van der Waals surface area contributed by atoms with Crippen LogP contribution in [0.4, 0.5) is 5.13 Å². The fraction of sp³-hybridized carbons (Fsp3) is 0.500. The first-order valence-electron chi connectivity index (χ1n) is 10.0. The van der Waals surface area contributed by atoms with E-state index in [1.54, 1.807) is 22.1 Å². The van der Waals surface area contributed by atoms with Crippen LogP contribution < -0.4 is 10.9 Å². The molecule has 154 valence electrons. The van der Waals surface area contributed by atoms with Crippen LogP contribution in [0.5, 0.6) is 0 Å². The molecule has 29 heavy (non-hydrogen) atoms. The zero-order valence-electron chi connectivity index (χ0n) is 16.4. The minimum atomic E-state index is -0.134. The van der Waals surface area contributed by atoms with Crippen molar-refractivity contribution in [1.82, 2.24) is 14.5 Å². The van der Waals surface area contributed by atoms with Crippen LogP contribution >= 0.6 is 34.4 Å². The van der Waals surface area contributed by atoms with Crippen molar-refractivity contribution in [2.24, 2.45) is 0 Å². The van der Waals surface area contributed by atoms with Gasteiger partial charge in [-0.25, -0.2) is 9.97 Å². The molecule has 4 rings (SSSR count). The Labute approximate surface area is 181 Å². The van der Waals surface area contributed by atoms with Crippen LogP contribution in [0.2, 0.25) is 0 Å². The van der Waals surface area contributed by atoms with Gasteiger partial charge in [0, 0.05) is 23.0 Å². The van der Waals surface area contributed by atoms with Gasteiger partial charge in [0.2, 0.25) is 5.91 Å². The number of hydrogen-bond donors (Lipinski definition) is 1. The Morgan fingerprint density at radius 1 is 1.31 bits per heavy atom. The zero-order chi connectivity index (χ0) is 20.2. The van der Waals surface area contributed by atoms with E-state index in [-0.39, 0.29) is 17.2 Å². The standard InChI is InChI=1S/C20H24N4O2S3/c1-2-3-6-10-24-18(26)16-13-7-4-5-8-14(13)29-17(16)23-20(24)28-12-15(25)22-19-21-9-11-27-19/h9,11H,2-8,10,12H2,1H3,(H,21,22,25). The molecule has 6 nitrogen and oxygen atoms in total. The second kappa shape index (κ2) is 9.40. The fourth-order valence-corrected chi connectivity index (χ4v) is 6.29. The number of rotatable bonds is 8. The second-order valence-corrected chi connectivity index (χ2v) is 10.0. The van der Waals surface area contributed by atoms with E-state index < -0.39 is 0 Å². The van der Waals surface area contributed by atoms with E-state index in [0.717, 1.165) is 48.7 Å². The molecule has 0 saturated heterocycles. The van der Waals surface area contributed by atoms with Gasteiger partial charge in [0.25, 0.3) is 5.56 Å². The monoisotopic (exact) mass is 448 g/mol. The summed E-state index contributed by atoms with van der Waals surface area (Å²) in [7, 11) is 0. The molecular formula is C20H24N4O2S3. The Hall–Kier alpha value is -1.71. The molecule has 0 aliphatic heterocycles. The number of carbonyl (C=O) groups is 1. The molecule has 0 atom stereocenters. The number of anilines is 1. The predicted octanol–water partition coefficient (Wildman–Crippen LogP) is 4.71. The number of thioether (sulfide) groups is 1. The molecule has 1 amide bonds. The number of nitrogens with one attached hydrogen (secondary N) is 1. The first-order valence-corrected chi connectivity index (χ1v) is 12.7. The molecule has 0 bridgehead atoms. The Balaban J connectivity index is 1.62. The third kappa shape index (κ3) is 4.57. The van der Waals surface area contributed by atoms with Crippen LogP contribution in [0.15, 0.2) is 21.5 Å². The number of amides is 1. The van der Waals surface area contributed by atoms with Crippen molar-refractivity contribution >= 4 is 55.7 Å². The molecule has 0 aromatic carbocycles. The summed E-state index contributed by atoms with van der Waals surface area (Å²) in [4.78, 5) is 36.7. The molecule has 0 saturated carbocycles. The highest BCUT2D eigenvalue weighted by molar-refractivity contribution is 7.99. The maximum absolute atomic E-state index is 13.4.